The van der Waals surface area contributed by atoms with Gasteiger partial charge in [-0.05, 0) is 30.7 Å². The van der Waals surface area contributed by atoms with E-state index in [9.17, 15) is 13.2 Å². The Balaban J connectivity index is 1.61. The molecule has 1 fully saturated rings. The maximum atomic E-state index is 12.8. The summed E-state index contributed by atoms with van der Waals surface area (Å²) < 4.78 is 30.9. The predicted molar refractivity (Wildman–Crippen MR) is 124 cm³/mol. The molecule has 4 rings (SSSR count). The highest BCUT2D eigenvalue weighted by Gasteiger charge is 2.32. The van der Waals surface area contributed by atoms with E-state index in [4.69, 9.17) is 4.74 Å². The molecule has 0 bridgehead atoms. The van der Waals surface area contributed by atoms with Crippen molar-refractivity contribution >= 4 is 27.5 Å². The summed E-state index contributed by atoms with van der Waals surface area (Å²) in [6.45, 7) is 0. The van der Waals surface area contributed by atoms with E-state index in [0.717, 1.165) is 11.3 Å². The number of benzene rings is 2. The first-order chi connectivity index (χ1) is 15.4. The molecule has 0 N–H and O–H groups in total. The van der Waals surface area contributed by atoms with Gasteiger partial charge in [-0.25, -0.2) is 8.42 Å². The van der Waals surface area contributed by atoms with Crippen LogP contribution in [-0.2, 0) is 14.6 Å². The van der Waals surface area contributed by atoms with Gasteiger partial charge in [0, 0.05) is 18.8 Å². The van der Waals surface area contributed by atoms with Crippen LogP contribution in [0.4, 0.5) is 0 Å². The van der Waals surface area contributed by atoms with Gasteiger partial charge in [-0.1, -0.05) is 42.1 Å². The Morgan fingerprint density at radius 3 is 2.56 bits per heavy atom. The van der Waals surface area contributed by atoms with Crippen LogP contribution in [0.3, 0.4) is 0 Å². The maximum absolute atomic E-state index is 12.8. The Labute approximate surface area is 191 Å². The molecule has 1 aromatic heterocycles. The van der Waals surface area contributed by atoms with Crippen molar-refractivity contribution < 1.29 is 17.9 Å². The summed E-state index contributed by atoms with van der Waals surface area (Å²) in [6.07, 6.45) is 0.480. The van der Waals surface area contributed by atoms with Crippen LogP contribution in [0.5, 0.6) is 5.75 Å². The number of hydrogen-bond donors (Lipinski definition) is 0. The molecule has 2 heterocycles. The van der Waals surface area contributed by atoms with Gasteiger partial charge in [0.25, 0.3) is 0 Å². The highest BCUT2D eigenvalue weighted by atomic mass is 32.2. The van der Waals surface area contributed by atoms with Gasteiger partial charge in [0.05, 0.1) is 29.9 Å². The standard InChI is InChI=1S/C22H24N4O4S2/c1-25(17-12-13-32(28,29)15-17)20(27)14-31-22-24-23-21(18-10-6-7-11-19(18)30-2)26(22)16-8-4-3-5-9-16/h3-11,17H,12-15H2,1-2H3. The summed E-state index contributed by atoms with van der Waals surface area (Å²) in [4.78, 5) is 14.3. The number of carbonyl (C=O) groups is 1. The van der Waals surface area contributed by atoms with Crippen LogP contribution in [-0.4, -0.2) is 71.4 Å². The molecule has 1 aliphatic heterocycles. The molecule has 0 spiro atoms. The normalized spacial score (nSPS) is 17.2. The molecule has 0 aliphatic carbocycles. The van der Waals surface area contributed by atoms with Crippen molar-refractivity contribution in [3.8, 4) is 22.8 Å². The quantitative estimate of drug-likeness (QED) is 0.488. The number of ether oxygens (including phenoxy) is 1. The highest BCUT2D eigenvalue weighted by Crippen LogP contribution is 2.33. The molecule has 10 heteroatoms. The van der Waals surface area contributed by atoms with Gasteiger partial charge >= 0.3 is 0 Å². The summed E-state index contributed by atoms with van der Waals surface area (Å²) in [5, 5.41) is 9.32. The molecule has 1 saturated heterocycles. The van der Waals surface area contributed by atoms with Crippen molar-refractivity contribution in [2.24, 2.45) is 0 Å². The van der Waals surface area contributed by atoms with Crippen molar-refractivity contribution in [1.82, 2.24) is 19.7 Å². The number of para-hydroxylation sites is 2. The van der Waals surface area contributed by atoms with Crippen molar-refractivity contribution in [3.63, 3.8) is 0 Å². The molecule has 1 aliphatic rings. The van der Waals surface area contributed by atoms with Crippen LogP contribution in [0, 0.1) is 0 Å². The SMILES string of the molecule is COc1ccccc1-c1nnc(SCC(=O)N(C)C2CCS(=O)(=O)C2)n1-c1ccccc1. The van der Waals surface area contributed by atoms with Gasteiger partial charge < -0.3 is 9.64 Å². The largest absolute Gasteiger partial charge is 0.496 e. The van der Waals surface area contributed by atoms with Crippen LogP contribution in [0.25, 0.3) is 17.1 Å². The zero-order chi connectivity index (χ0) is 22.7. The van der Waals surface area contributed by atoms with E-state index in [0.29, 0.717) is 23.2 Å². The fraction of sp³-hybridized carbons (Fsp3) is 0.318. The monoisotopic (exact) mass is 472 g/mol. The van der Waals surface area contributed by atoms with E-state index in [2.05, 4.69) is 10.2 Å². The fourth-order valence-electron chi connectivity index (χ4n) is 3.69. The van der Waals surface area contributed by atoms with E-state index in [1.807, 2.05) is 59.2 Å². The number of methoxy groups -OCH3 is 1. The molecule has 0 saturated carbocycles. The topological polar surface area (TPSA) is 94.4 Å². The number of nitrogens with zero attached hydrogens (tertiary/aromatic N) is 4. The molecule has 0 radical (unpaired) electrons. The van der Waals surface area contributed by atoms with Gasteiger partial charge in [0.1, 0.15) is 5.75 Å². The van der Waals surface area contributed by atoms with Crippen LogP contribution >= 0.6 is 11.8 Å². The van der Waals surface area contributed by atoms with E-state index >= 15 is 0 Å². The molecule has 3 aromatic rings. The number of carbonyl (C=O) groups excluding carboxylic acids is 1. The first-order valence-corrected chi connectivity index (χ1v) is 12.9. The number of sulfone groups is 1. The lowest BCUT2D eigenvalue weighted by Gasteiger charge is -2.23. The van der Waals surface area contributed by atoms with Crippen molar-refractivity contribution in [2.45, 2.75) is 17.6 Å². The molecular formula is C22H24N4O4S2. The minimum absolute atomic E-state index is 0.0258. The second-order valence-corrected chi connectivity index (χ2v) is 10.7. The first-order valence-electron chi connectivity index (χ1n) is 10.1. The van der Waals surface area contributed by atoms with E-state index in [1.54, 1.807) is 19.1 Å². The molecule has 32 heavy (non-hydrogen) atoms. The third-order valence-electron chi connectivity index (χ3n) is 5.47. The highest BCUT2D eigenvalue weighted by molar-refractivity contribution is 7.99. The molecular weight excluding hydrogens is 448 g/mol. The second kappa shape index (κ2) is 9.33. The third kappa shape index (κ3) is 4.66. The summed E-state index contributed by atoms with van der Waals surface area (Å²) in [7, 11) is 0.213. The van der Waals surface area contributed by atoms with Crippen LogP contribution in [0.1, 0.15) is 6.42 Å². The number of hydrogen-bond acceptors (Lipinski definition) is 7. The van der Waals surface area contributed by atoms with Crippen LogP contribution in [0.15, 0.2) is 59.8 Å². The third-order valence-corrected chi connectivity index (χ3v) is 8.13. The van der Waals surface area contributed by atoms with Gasteiger partial charge in [0.2, 0.25) is 5.91 Å². The Morgan fingerprint density at radius 1 is 1.16 bits per heavy atom. The summed E-state index contributed by atoms with van der Waals surface area (Å²) in [6, 6.07) is 17.0. The van der Waals surface area contributed by atoms with Crippen LogP contribution in [0.2, 0.25) is 0 Å². The number of rotatable bonds is 7. The van der Waals surface area contributed by atoms with Gasteiger partial charge in [-0.3, -0.25) is 9.36 Å². The average Bonchev–Trinajstić information content (AvgIpc) is 3.40. The first kappa shape index (κ1) is 22.3. The van der Waals surface area contributed by atoms with E-state index in [-0.39, 0.29) is 29.2 Å². The zero-order valence-electron chi connectivity index (χ0n) is 17.8. The van der Waals surface area contributed by atoms with E-state index < -0.39 is 9.84 Å². The zero-order valence-corrected chi connectivity index (χ0v) is 19.5. The molecule has 1 atom stereocenters. The Hall–Kier alpha value is -2.85. The van der Waals surface area contributed by atoms with Crippen LogP contribution < -0.4 is 4.74 Å². The Kier molecular flexibility index (Phi) is 6.52. The molecule has 1 amide bonds. The fourth-order valence-corrected chi connectivity index (χ4v) is 6.34. The maximum Gasteiger partial charge on any atom is 0.233 e. The van der Waals surface area contributed by atoms with E-state index in [1.165, 1.54) is 11.8 Å². The predicted octanol–water partition coefficient (Wildman–Crippen LogP) is 2.68. The lowest BCUT2D eigenvalue weighted by Crippen LogP contribution is -2.38. The summed E-state index contributed by atoms with van der Waals surface area (Å²) in [5.74, 6) is 1.43. The van der Waals surface area contributed by atoms with Gasteiger partial charge in [0.15, 0.2) is 20.8 Å². The number of amides is 1. The average molecular weight is 473 g/mol. The van der Waals surface area contributed by atoms with Crippen molar-refractivity contribution in [2.75, 3.05) is 31.4 Å². The summed E-state index contributed by atoms with van der Waals surface area (Å²) in [5.41, 5.74) is 1.65. The minimum Gasteiger partial charge on any atom is -0.496 e. The lowest BCUT2D eigenvalue weighted by molar-refractivity contribution is -0.128. The van der Waals surface area contributed by atoms with Gasteiger partial charge in [-0.15, -0.1) is 10.2 Å². The molecule has 1 unspecified atom stereocenters. The second-order valence-electron chi connectivity index (χ2n) is 7.53. The minimum atomic E-state index is -3.06. The molecule has 8 nitrogen and oxygen atoms in total. The lowest BCUT2D eigenvalue weighted by atomic mass is 10.2. The smallest absolute Gasteiger partial charge is 0.233 e. The number of aromatic nitrogens is 3. The Morgan fingerprint density at radius 2 is 1.88 bits per heavy atom. The summed E-state index contributed by atoms with van der Waals surface area (Å²) >= 11 is 1.27. The van der Waals surface area contributed by atoms with Gasteiger partial charge in [-0.2, -0.15) is 0 Å². The Bertz CT molecular complexity index is 1210. The van der Waals surface area contributed by atoms with Crippen molar-refractivity contribution in [3.05, 3.63) is 54.6 Å². The molecule has 2 aromatic carbocycles. The van der Waals surface area contributed by atoms with Crippen molar-refractivity contribution in [1.29, 1.82) is 0 Å². The number of thioether (sulfide) groups is 1. The molecule has 168 valence electrons.